The lowest BCUT2D eigenvalue weighted by Crippen LogP contribution is -2.39. The van der Waals surface area contributed by atoms with Crippen LogP contribution in [-0.2, 0) is 27.8 Å². The molecule has 0 bridgehead atoms. The number of hydrogen-bond donors (Lipinski definition) is 2. The maximum atomic E-state index is 13.3. The van der Waals surface area contributed by atoms with E-state index >= 15 is 0 Å². The maximum absolute atomic E-state index is 13.3. The van der Waals surface area contributed by atoms with Gasteiger partial charge in [0.2, 0.25) is 15.9 Å². The number of fused-ring (bicyclic) bond motifs is 1. The Kier molecular flexibility index (Phi) is 10.3. The second-order valence-corrected chi connectivity index (χ2v) is 14.2. The first kappa shape index (κ1) is 32.2. The van der Waals surface area contributed by atoms with Crippen LogP contribution in [0.2, 0.25) is 0 Å². The second-order valence-electron chi connectivity index (χ2n) is 11.1. The quantitative estimate of drug-likeness (QED) is 0.448. The van der Waals surface area contributed by atoms with Crippen LogP contribution >= 0.6 is 11.3 Å². The molecule has 1 aromatic carbocycles. The second kappa shape index (κ2) is 13.1. The number of benzene rings is 1. The summed E-state index contributed by atoms with van der Waals surface area (Å²) in [5, 5.41) is 5.36. The molecule has 2 heterocycles. The highest BCUT2D eigenvalue weighted by atomic mass is 32.2. The Hall–Kier alpha value is -3.29. The lowest BCUT2D eigenvalue weighted by atomic mass is 10.0. The van der Waals surface area contributed by atoms with Crippen LogP contribution in [0, 0.1) is 11.8 Å². The van der Waals surface area contributed by atoms with Gasteiger partial charge in [-0.3, -0.25) is 19.7 Å². The van der Waals surface area contributed by atoms with Gasteiger partial charge in [-0.15, -0.1) is 11.3 Å². The monoisotopic (exact) mass is 605 g/mol. The first-order valence-electron chi connectivity index (χ1n) is 13.5. The summed E-state index contributed by atoms with van der Waals surface area (Å²) in [6.45, 7) is 10.8. The Bertz CT molecular complexity index is 1400. The van der Waals surface area contributed by atoms with E-state index in [0.717, 1.165) is 4.88 Å². The van der Waals surface area contributed by atoms with Crippen LogP contribution in [0.1, 0.15) is 65.8 Å². The van der Waals surface area contributed by atoms with Gasteiger partial charge < -0.3 is 15.1 Å². The predicted octanol–water partition coefficient (Wildman–Crippen LogP) is 3.62. The fraction of sp³-hybridized carbons (Fsp3) is 0.500. The van der Waals surface area contributed by atoms with E-state index in [4.69, 9.17) is 0 Å². The molecule has 3 rings (SSSR count). The zero-order chi connectivity index (χ0) is 30.6. The fourth-order valence-corrected chi connectivity index (χ4v) is 7.48. The number of carbonyl (C=O) groups is 4. The fourth-order valence-electron chi connectivity index (χ4n) is 4.46. The molecule has 2 aromatic rings. The Morgan fingerprint density at radius 2 is 1.56 bits per heavy atom. The first-order chi connectivity index (χ1) is 19.1. The van der Waals surface area contributed by atoms with Crippen LogP contribution in [0.3, 0.4) is 0 Å². The molecule has 0 spiro atoms. The Balaban J connectivity index is 1.90. The zero-order valence-corrected chi connectivity index (χ0v) is 26.2. The largest absolute Gasteiger partial charge is 0.337 e. The molecule has 0 saturated carbocycles. The normalized spacial score (nSPS) is 13.4. The van der Waals surface area contributed by atoms with Crippen LogP contribution in [0.15, 0.2) is 29.2 Å². The number of nitrogens with one attached hydrogen (secondary N) is 2. The van der Waals surface area contributed by atoms with E-state index in [-0.39, 0.29) is 38.8 Å². The summed E-state index contributed by atoms with van der Waals surface area (Å²) in [6.07, 6.45) is 0.399. The van der Waals surface area contributed by atoms with Gasteiger partial charge in [-0.1, -0.05) is 27.7 Å². The van der Waals surface area contributed by atoms with Gasteiger partial charge in [-0.2, -0.15) is 4.31 Å². The van der Waals surface area contributed by atoms with Crippen molar-refractivity contribution in [2.75, 3.05) is 39.0 Å². The molecular formula is C28H39N5O6S2. The van der Waals surface area contributed by atoms with Gasteiger partial charge in [0.05, 0.1) is 17.0 Å². The summed E-state index contributed by atoms with van der Waals surface area (Å²) < 4.78 is 28.2. The number of thiophene rings is 1. The van der Waals surface area contributed by atoms with Crippen molar-refractivity contribution < 1.29 is 27.6 Å². The number of nitrogens with zero attached hydrogens (tertiary/aromatic N) is 3. The van der Waals surface area contributed by atoms with Crippen molar-refractivity contribution in [3.63, 3.8) is 0 Å². The van der Waals surface area contributed by atoms with E-state index in [1.54, 1.807) is 4.90 Å². The molecule has 0 fully saturated rings. The van der Waals surface area contributed by atoms with Crippen LogP contribution in [0.4, 0.5) is 9.80 Å². The van der Waals surface area contributed by atoms with Crippen LogP contribution in [0.25, 0.3) is 0 Å². The number of amides is 5. The molecule has 224 valence electrons. The van der Waals surface area contributed by atoms with Gasteiger partial charge in [0.15, 0.2) is 0 Å². The molecule has 11 nitrogen and oxygen atoms in total. The molecule has 41 heavy (non-hydrogen) atoms. The number of urea groups is 1. The van der Waals surface area contributed by atoms with Gasteiger partial charge in [-0.05, 0) is 48.1 Å². The van der Waals surface area contributed by atoms with E-state index in [1.165, 1.54) is 65.8 Å². The minimum atomic E-state index is -3.76. The van der Waals surface area contributed by atoms with Crippen molar-refractivity contribution in [1.29, 1.82) is 0 Å². The van der Waals surface area contributed by atoms with E-state index in [9.17, 15) is 27.6 Å². The molecule has 5 amide bonds. The molecule has 13 heteroatoms. The number of hydrogen-bond acceptors (Lipinski definition) is 7. The molecule has 0 aliphatic carbocycles. The van der Waals surface area contributed by atoms with Gasteiger partial charge in [-0.25, -0.2) is 13.2 Å². The summed E-state index contributed by atoms with van der Waals surface area (Å²) in [6, 6.07) is 5.09. The molecule has 1 aromatic heterocycles. The summed E-state index contributed by atoms with van der Waals surface area (Å²) in [4.78, 5) is 54.3. The summed E-state index contributed by atoms with van der Waals surface area (Å²) in [7, 11) is -0.745. The summed E-state index contributed by atoms with van der Waals surface area (Å²) in [5.41, 5.74) is 1.08. The molecule has 0 unspecified atom stereocenters. The van der Waals surface area contributed by atoms with Crippen molar-refractivity contribution in [2.24, 2.45) is 11.8 Å². The molecule has 1 aliphatic heterocycles. The van der Waals surface area contributed by atoms with Gasteiger partial charge in [0, 0.05) is 51.1 Å². The topological polar surface area (TPSA) is 136 Å². The lowest BCUT2D eigenvalue weighted by Gasteiger charge is -2.26. The van der Waals surface area contributed by atoms with Gasteiger partial charge in [0.25, 0.3) is 11.8 Å². The highest BCUT2D eigenvalue weighted by Crippen LogP contribution is 2.37. The van der Waals surface area contributed by atoms with Crippen molar-refractivity contribution in [3.8, 4) is 0 Å². The predicted molar refractivity (Wildman–Crippen MR) is 158 cm³/mol. The summed E-state index contributed by atoms with van der Waals surface area (Å²) >= 11 is 1.18. The van der Waals surface area contributed by atoms with E-state index in [0.29, 0.717) is 38.2 Å². The third-order valence-corrected chi connectivity index (χ3v) is 9.45. The summed E-state index contributed by atoms with van der Waals surface area (Å²) in [5.74, 6) is -0.993. The number of anilines is 1. The zero-order valence-electron chi connectivity index (χ0n) is 24.6. The Morgan fingerprint density at radius 3 is 2.07 bits per heavy atom. The van der Waals surface area contributed by atoms with E-state index in [1.807, 2.05) is 27.7 Å². The maximum Gasteiger partial charge on any atom is 0.323 e. The van der Waals surface area contributed by atoms with Crippen molar-refractivity contribution in [3.05, 3.63) is 45.8 Å². The molecular weight excluding hydrogens is 566 g/mol. The Labute approximate surface area is 245 Å². The number of imide groups is 1. The standard InChI is InChI=1S/C28H39N5O6S2/c1-17(2)14-33(15-18(3)4)41(38,39)21-10-8-20(9-11-21)25(35)29-27-24(26(36)30-28(37)31(6)7)22-12-13-32(19(5)34)16-23(22)40-27/h8-11,17-18H,12-16H2,1-7H3,(H,29,35)(H,30,36,37). The van der Waals surface area contributed by atoms with Crippen molar-refractivity contribution in [2.45, 2.75) is 52.5 Å². The van der Waals surface area contributed by atoms with Gasteiger partial charge in [0.1, 0.15) is 5.00 Å². The van der Waals surface area contributed by atoms with E-state index < -0.39 is 27.9 Å². The third-order valence-electron chi connectivity index (χ3n) is 6.47. The van der Waals surface area contributed by atoms with E-state index in [2.05, 4.69) is 10.6 Å². The molecule has 0 atom stereocenters. The SMILES string of the molecule is CC(=O)N1CCc2c(sc(NC(=O)c3ccc(S(=O)(=O)N(CC(C)C)CC(C)C)cc3)c2C(=O)NC(=O)N(C)C)C1. The molecule has 2 N–H and O–H groups in total. The molecule has 0 saturated heterocycles. The van der Waals surface area contributed by atoms with Crippen molar-refractivity contribution >= 4 is 50.1 Å². The smallest absolute Gasteiger partial charge is 0.323 e. The average Bonchev–Trinajstić information content (AvgIpc) is 3.24. The molecule has 1 aliphatic rings. The van der Waals surface area contributed by atoms with Gasteiger partial charge >= 0.3 is 6.03 Å². The van der Waals surface area contributed by atoms with Crippen LogP contribution < -0.4 is 10.6 Å². The van der Waals surface area contributed by atoms with Crippen LogP contribution in [0.5, 0.6) is 0 Å². The minimum absolute atomic E-state index is 0.0912. The minimum Gasteiger partial charge on any atom is -0.337 e. The number of sulfonamides is 1. The van der Waals surface area contributed by atoms with Crippen LogP contribution in [-0.4, -0.2) is 80.0 Å². The highest BCUT2D eigenvalue weighted by molar-refractivity contribution is 7.89. The van der Waals surface area contributed by atoms with Crippen molar-refractivity contribution in [1.82, 2.24) is 19.4 Å². The first-order valence-corrected chi connectivity index (χ1v) is 15.7. The third kappa shape index (κ3) is 7.72. The lowest BCUT2D eigenvalue weighted by molar-refractivity contribution is -0.129. The highest BCUT2D eigenvalue weighted by Gasteiger charge is 2.31. The Morgan fingerprint density at radius 1 is 0.976 bits per heavy atom. The average molecular weight is 606 g/mol. The number of carbonyl (C=O) groups excluding carboxylic acids is 4. The molecule has 0 radical (unpaired) electrons. The number of rotatable bonds is 9.